The van der Waals surface area contributed by atoms with Crippen molar-refractivity contribution in [1.29, 1.82) is 5.41 Å². The van der Waals surface area contributed by atoms with Crippen molar-refractivity contribution >= 4 is 28.5 Å². The highest BCUT2D eigenvalue weighted by Gasteiger charge is 2.23. The summed E-state index contributed by atoms with van der Waals surface area (Å²) in [6.45, 7) is 3.71. The largest absolute Gasteiger partial charge is 0.478 e. The number of fused-ring (bicyclic) bond motifs is 2. The highest BCUT2D eigenvalue weighted by Crippen LogP contribution is 2.41. The molecule has 0 bridgehead atoms. The van der Waals surface area contributed by atoms with Gasteiger partial charge in [0.2, 0.25) is 0 Å². The van der Waals surface area contributed by atoms with E-state index in [-0.39, 0.29) is 22.9 Å². The van der Waals surface area contributed by atoms with Gasteiger partial charge >= 0.3 is 5.97 Å². The van der Waals surface area contributed by atoms with Crippen LogP contribution in [0.25, 0.3) is 33.4 Å². The molecule has 0 saturated carbocycles. The van der Waals surface area contributed by atoms with Gasteiger partial charge in [-0.15, -0.1) is 0 Å². The number of anilines is 1. The Kier molecular flexibility index (Phi) is 4.94. The molecule has 2 aromatic rings. The lowest BCUT2D eigenvalue weighted by molar-refractivity contribution is 0.0697. The lowest BCUT2D eigenvalue weighted by Gasteiger charge is -2.18. The maximum atomic E-state index is 12.6. The fraction of sp³-hybridized carbons (Fsp3) is 0.125. The van der Waals surface area contributed by atoms with Crippen molar-refractivity contribution in [2.24, 2.45) is 0 Å². The van der Waals surface area contributed by atoms with Gasteiger partial charge in [0, 0.05) is 45.9 Å². The Morgan fingerprint density at radius 2 is 1.81 bits per heavy atom. The topological polar surface area (TPSA) is 129 Å². The summed E-state index contributed by atoms with van der Waals surface area (Å²) in [6, 6.07) is 14.5. The monoisotopic (exact) mass is 415 g/mol. The highest BCUT2D eigenvalue weighted by molar-refractivity contribution is 6.09. The first-order valence-corrected chi connectivity index (χ1v) is 9.74. The van der Waals surface area contributed by atoms with Gasteiger partial charge in [-0.25, -0.2) is 4.79 Å². The molecule has 1 aliphatic heterocycles. The van der Waals surface area contributed by atoms with Gasteiger partial charge in [-0.05, 0) is 61.9 Å². The van der Waals surface area contributed by atoms with Crippen molar-refractivity contribution in [3.05, 3.63) is 71.1 Å². The van der Waals surface area contributed by atoms with Crippen LogP contribution in [0.5, 0.6) is 0 Å². The molecular formula is C24H21N3O4. The van der Waals surface area contributed by atoms with E-state index in [1.807, 2.05) is 13.8 Å². The molecule has 0 fully saturated rings. The van der Waals surface area contributed by atoms with Crippen LogP contribution in [0, 0.1) is 5.41 Å². The van der Waals surface area contributed by atoms with E-state index in [4.69, 9.17) is 15.6 Å². The van der Waals surface area contributed by atoms with Crippen molar-refractivity contribution < 1.29 is 19.1 Å². The van der Waals surface area contributed by atoms with Gasteiger partial charge < -0.3 is 26.0 Å². The number of nitrogens with one attached hydrogen (secondary N) is 2. The smallest absolute Gasteiger partial charge is 0.336 e. The number of carbonyl (C=O) groups excluding carboxylic acids is 1. The summed E-state index contributed by atoms with van der Waals surface area (Å²) in [4.78, 5) is 24.7. The predicted octanol–water partition coefficient (Wildman–Crippen LogP) is 4.10. The van der Waals surface area contributed by atoms with E-state index in [2.05, 4.69) is 5.32 Å². The number of amides is 1. The summed E-state index contributed by atoms with van der Waals surface area (Å²) < 4.78 is 5.97. The van der Waals surface area contributed by atoms with Crippen LogP contribution in [0.3, 0.4) is 0 Å². The molecule has 1 aliphatic carbocycles. The number of benzene rings is 3. The van der Waals surface area contributed by atoms with E-state index < -0.39 is 5.97 Å². The molecule has 0 aromatic heterocycles. The lowest BCUT2D eigenvalue weighted by atomic mass is 9.89. The number of nitrogens with two attached hydrogens (primary N) is 1. The Hall–Kier alpha value is -4.13. The Morgan fingerprint density at radius 3 is 2.52 bits per heavy atom. The summed E-state index contributed by atoms with van der Waals surface area (Å²) in [5.74, 6) is -0.977. The van der Waals surface area contributed by atoms with Crippen LogP contribution >= 0.6 is 0 Å². The number of aromatic carboxylic acids is 1. The Morgan fingerprint density at radius 1 is 1.03 bits per heavy atom. The number of carbonyl (C=O) groups is 2. The van der Waals surface area contributed by atoms with Crippen LogP contribution in [0.15, 0.2) is 59.0 Å². The van der Waals surface area contributed by atoms with Crippen molar-refractivity contribution in [3.8, 4) is 22.5 Å². The van der Waals surface area contributed by atoms with E-state index >= 15 is 0 Å². The Bertz CT molecular complexity index is 1370. The van der Waals surface area contributed by atoms with E-state index in [9.17, 15) is 14.7 Å². The summed E-state index contributed by atoms with van der Waals surface area (Å²) in [6.07, 6.45) is 0. The van der Waals surface area contributed by atoms with E-state index in [0.717, 1.165) is 0 Å². The van der Waals surface area contributed by atoms with E-state index in [0.29, 0.717) is 44.7 Å². The number of hydrogen-bond donors (Lipinski definition) is 4. The van der Waals surface area contributed by atoms with Gasteiger partial charge in [0.1, 0.15) is 11.3 Å². The quantitative estimate of drug-likeness (QED) is 0.294. The van der Waals surface area contributed by atoms with Crippen LogP contribution in [-0.2, 0) is 0 Å². The minimum atomic E-state index is -1.11. The Balaban J connectivity index is 2.10. The molecule has 2 aliphatic rings. The number of carboxylic acids is 1. The number of hydrogen-bond acceptors (Lipinski definition) is 5. The Labute approximate surface area is 178 Å². The van der Waals surface area contributed by atoms with Gasteiger partial charge in [-0.2, -0.15) is 0 Å². The van der Waals surface area contributed by atoms with Crippen LogP contribution in [-0.4, -0.2) is 23.0 Å². The molecule has 0 saturated heterocycles. The van der Waals surface area contributed by atoms with Gasteiger partial charge in [0.25, 0.3) is 5.91 Å². The second kappa shape index (κ2) is 7.60. The fourth-order valence-electron chi connectivity index (χ4n) is 3.62. The zero-order chi connectivity index (χ0) is 22.3. The van der Waals surface area contributed by atoms with Crippen molar-refractivity contribution in [3.63, 3.8) is 0 Å². The first kappa shape index (κ1) is 20.2. The number of nitrogen functional groups attached to an aromatic ring is 1. The first-order valence-electron chi connectivity index (χ1n) is 9.74. The van der Waals surface area contributed by atoms with Crippen LogP contribution in [0.2, 0.25) is 0 Å². The average Bonchev–Trinajstić information content (AvgIpc) is 2.70. The first-order chi connectivity index (χ1) is 14.7. The SMILES string of the molecule is CC(C)NC(=O)c1ccc(C(=O)O)c(-c2c3ccc(=N)cc-3oc3cc(N)ccc23)c1. The molecule has 1 heterocycles. The molecular weight excluding hydrogens is 394 g/mol. The van der Waals surface area contributed by atoms with Crippen LogP contribution in [0.1, 0.15) is 34.6 Å². The molecule has 156 valence electrons. The summed E-state index contributed by atoms with van der Waals surface area (Å²) in [7, 11) is 0. The summed E-state index contributed by atoms with van der Waals surface area (Å²) >= 11 is 0. The van der Waals surface area contributed by atoms with Crippen LogP contribution < -0.4 is 16.4 Å². The molecule has 5 N–H and O–H groups in total. The normalized spacial score (nSPS) is 11.2. The molecule has 7 nitrogen and oxygen atoms in total. The number of rotatable bonds is 4. The third-order valence-electron chi connectivity index (χ3n) is 4.95. The molecule has 0 spiro atoms. The van der Waals surface area contributed by atoms with Gasteiger partial charge in [0.05, 0.1) is 10.9 Å². The van der Waals surface area contributed by atoms with Gasteiger partial charge in [-0.1, -0.05) is 0 Å². The molecule has 2 aromatic carbocycles. The summed E-state index contributed by atoms with van der Waals surface area (Å²) in [5.41, 5.74) is 8.92. The van der Waals surface area contributed by atoms with Gasteiger partial charge in [0.15, 0.2) is 0 Å². The second-order valence-corrected chi connectivity index (χ2v) is 7.64. The zero-order valence-corrected chi connectivity index (χ0v) is 17.0. The lowest BCUT2D eigenvalue weighted by Crippen LogP contribution is -2.30. The summed E-state index contributed by atoms with van der Waals surface area (Å²) in [5, 5.41) is 21.5. The second-order valence-electron chi connectivity index (χ2n) is 7.64. The molecule has 0 atom stereocenters. The maximum Gasteiger partial charge on any atom is 0.336 e. The molecule has 7 heteroatoms. The average molecular weight is 415 g/mol. The molecule has 0 unspecified atom stereocenters. The fourth-order valence-corrected chi connectivity index (χ4v) is 3.62. The predicted molar refractivity (Wildman–Crippen MR) is 118 cm³/mol. The zero-order valence-electron chi connectivity index (χ0n) is 17.0. The van der Waals surface area contributed by atoms with Crippen molar-refractivity contribution in [1.82, 2.24) is 5.32 Å². The van der Waals surface area contributed by atoms with Crippen molar-refractivity contribution in [2.75, 3.05) is 5.73 Å². The standard InChI is InChI=1S/C24H21N3O4/c1-12(2)27-23(28)13-3-6-16(24(29)30)19(9-13)22-17-7-4-14(25)10-20(17)31-21-11-15(26)5-8-18(21)22/h3-12,25H,26H2,1-2H3,(H,27,28)(H,29,30). The highest BCUT2D eigenvalue weighted by atomic mass is 16.4. The van der Waals surface area contributed by atoms with Gasteiger partial charge in [-0.3, -0.25) is 4.79 Å². The third kappa shape index (κ3) is 3.73. The van der Waals surface area contributed by atoms with Crippen molar-refractivity contribution in [2.45, 2.75) is 19.9 Å². The molecule has 0 radical (unpaired) electrons. The molecule has 1 amide bonds. The van der Waals surface area contributed by atoms with E-state index in [1.165, 1.54) is 12.1 Å². The van der Waals surface area contributed by atoms with E-state index in [1.54, 1.807) is 42.5 Å². The minimum absolute atomic E-state index is 0.0571. The van der Waals surface area contributed by atoms with Crippen LogP contribution in [0.4, 0.5) is 5.69 Å². The molecule has 4 rings (SSSR count). The number of carboxylic acid groups (broad SMARTS) is 1. The third-order valence-corrected chi connectivity index (χ3v) is 4.95. The maximum absolute atomic E-state index is 12.6. The molecule has 31 heavy (non-hydrogen) atoms. The minimum Gasteiger partial charge on any atom is -0.478 e.